The molecule has 0 amide bonds. The van der Waals surface area contributed by atoms with Crippen LogP contribution in [0.5, 0.6) is 0 Å². The molecular formula is C13H15N3O5S. The Morgan fingerprint density at radius 3 is 3.14 bits per heavy atom. The van der Waals surface area contributed by atoms with Crippen molar-refractivity contribution in [3.8, 4) is 0 Å². The van der Waals surface area contributed by atoms with Gasteiger partial charge in [-0.05, 0) is 13.0 Å². The molecule has 1 aliphatic rings. The Bertz CT molecular complexity index is 756. The second-order valence-corrected chi connectivity index (χ2v) is 5.81. The minimum absolute atomic E-state index is 0.0895. The van der Waals surface area contributed by atoms with Crippen molar-refractivity contribution in [2.45, 2.75) is 18.6 Å². The molecule has 3 rings (SSSR count). The molecule has 1 saturated heterocycles. The SMILES string of the molecule is CCOC(=O)c1cn2c(=O)n(C3CSC(CO)O3)ccc2n1. The first-order valence-electron chi connectivity index (χ1n) is 6.79. The lowest BCUT2D eigenvalue weighted by Crippen LogP contribution is -2.30. The number of nitrogens with zero attached hydrogens (tertiary/aromatic N) is 3. The average Bonchev–Trinajstić information content (AvgIpc) is 3.14. The van der Waals surface area contributed by atoms with E-state index in [0.29, 0.717) is 11.4 Å². The zero-order valence-corrected chi connectivity index (χ0v) is 12.7. The van der Waals surface area contributed by atoms with Gasteiger partial charge < -0.3 is 14.6 Å². The van der Waals surface area contributed by atoms with E-state index in [1.807, 2.05) is 0 Å². The maximum Gasteiger partial charge on any atom is 0.358 e. The summed E-state index contributed by atoms with van der Waals surface area (Å²) in [6, 6.07) is 1.63. The summed E-state index contributed by atoms with van der Waals surface area (Å²) in [6.07, 6.45) is 2.48. The third-order valence-corrected chi connectivity index (χ3v) is 4.33. The van der Waals surface area contributed by atoms with Gasteiger partial charge >= 0.3 is 11.7 Å². The van der Waals surface area contributed by atoms with Crippen LogP contribution in [0.25, 0.3) is 5.65 Å². The van der Waals surface area contributed by atoms with Crippen LogP contribution in [0, 0.1) is 0 Å². The molecule has 0 spiro atoms. The Hall–Kier alpha value is -1.84. The van der Waals surface area contributed by atoms with Crippen molar-refractivity contribution in [3.63, 3.8) is 0 Å². The normalized spacial score (nSPS) is 21.4. The van der Waals surface area contributed by atoms with Crippen LogP contribution in [0.4, 0.5) is 0 Å². The van der Waals surface area contributed by atoms with Crippen molar-refractivity contribution < 1.29 is 19.4 Å². The number of aliphatic hydroxyl groups is 1. The summed E-state index contributed by atoms with van der Waals surface area (Å²) in [5.41, 5.74) is -0.226. The van der Waals surface area contributed by atoms with Crippen LogP contribution in [0.15, 0.2) is 23.3 Å². The van der Waals surface area contributed by atoms with E-state index in [1.165, 1.54) is 26.9 Å². The first-order valence-corrected chi connectivity index (χ1v) is 7.84. The van der Waals surface area contributed by atoms with Crippen LogP contribution in [-0.2, 0) is 9.47 Å². The average molecular weight is 325 g/mol. The third-order valence-electron chi connectivity index (χ3n) is 3.22. The molecule has 1 N–H and O–H groups in total. The largest absolute Gasteiger partial charge is 0.461 e. The number of ether oxygens (including phenoxy) is 2. The monoisotopic (exact) mass is 325 g/mol. The Balaban J connectivity index is 1.96. The van der Waals surface area contributed by atoms with Crippen LogP contribution in [0.1, 0.15) is 23.6 Å². The van der Waals surface area contributed by atoms with Gasteiger partial charge in [0.2, 0.25) is 0 Å². The fourth-order valence-electron chi connectivity index (χ4n) is 2.21. The lowest BCUT2D eigenvalue weighted by atomic mass is 10.5. The first kappa shape index (κ1) is 15.1. The molecule has 2 aromatic rings. The van der Waals surface area contributed by atoms with E-state index < -0.39 is 12.2 Å². The van der Waals surface area contributed by atoms with E-state index in [2.05, 4.69) is 4.98 Å². The lowest BCUT2D eigenvalue weighted by molar-refractivity contribution is -0.00647. The molecule has 0 saturated carbocycles. The van der Waals surface area contributed by atoms with E-state index >= 15 is 0 Å². The maximum absolute atomic E-state index is 12.5. The predicted octanol–water partition coefficient (Wildman–Crippen LogP) is 0.253. The molecule has 1 fully saturated rings. The van der Waals surface area contributed by atoms with Crippen molar-refractivity contribution >= 4 is 23.4 Å². The Morgan fingerprint density at radius 2 is 2.45 bits per heavy atom. The molecule has 0 aliphatic carbocycles. The van der Waals surface area contributed by atoms with Crippen LogP contribution in [-0.4, -0.2) is 49.4 Å². The van der Waals surface area contributed by atoms with E-state index in [4.69, 9.17) is 14.6 Å². The van der Waals surface area contributed by atoms with Crippen LogP contribution >= 0.6 is 11.8 Å². The van der Waals surface area contributed by atoms with Crippen LogP contribution < -0.4 is 5.69 Å². The summed E-state index contributed by atoms with van der Waals surface area (Å²) in [7, 11) is 0. The fourth-order valence-corrected chi connectivity index (χ4v) is 3.14. The molecule has 3 heterocycles. The molecule has 0 bridgehead atoms. The van der Waals surface area contributed by atoms with Crippen molar-refractivity contribution in [3.05, 3.63) is 34.6 Å². The van der Waals surface area contributed by atoms with Crippen molar-refractivity contribution in [2.24, 2.45) is 0 Å². The summed E-state index contributed by atoms with van der Waals surface area (Å²) in [5.74, 6) is 0.000886. The molecule has 0 aromatic carbocycles. The van der Waals surface area contributed by atoms with E-state index in [1.54, 1.807) is 19.2 Å². The van der Waals surface area contributed by atoms with Gasteiger partial charge in [0.05, 0.1) is 13.2 Å². The van der Waals surface area contributed by atoms with E-state index in [0.717, 1.165) is 0 Å². The second kappa shape index (κ2) is 6.11. The molecule has 2 aromatic heterocycles. The molecule has 0 radical (unpaired) electrons. The topological polar surface area (TPSA) is 95.1 Å². The highest BCUT2D eigenvalue weighted by molar-refractivity contribution is 8.00. The minimum atomic E-state index is -0.565. The maximum atomic E-state index is 12.5. The zero-order chi connectivity index (χ0) is 15.7. The fraction of sp³-hybridized carbons (Fsp3) is 0.462. The van der Waals surface area contributed by atoms with Gasteiger partial charge in [-0.1, -0.05) is 0 Å². The van der Waals surface area contributed by atoms with Gasteiger partial charge in [-0.3, -0.25) is 8.97 Å². The Kier molecular flexibility index (Phi) is 4.19. The highest BCUT2D eigenvalue weighted by Crippen LogP contribution is 2.30. The van der Waals surface area contributed by atoms with Crippen molar-refractivity contribution in [1.29, 1.82) is 0 Å². The third kappa shape index (κ3) is 2.62. The first-order chi connectivity index (χ1) is 10.6. The number of hydrogen-bond donors (Lipinski definition) is 1. The second-order valence-electron chi connectivity index (χ2n) is 4.62. The van der Waals surface area contributed by atoms with Gasteiger partial charge in [0.25, 0.3) is 0 Å². The number of rotatable bonds is 4. The smallest absolute Gasteiger partial charge is 0.358 e. The highest BCUT2D eigenvalue weighted by atomic mass is 32.2. The van der Waals surface area contributed by atoms with Gasteiger partial charge in [-0.15, -0.1) is 11.8 Å². The molecule has 2 atom stereocenters. The van der Waals surface area contributed by atoms with Gasteiger partial charge in [-0.25, -0.2) is 14.6 Å². The van der Waals surface area contributed by atoms with Gasteiger partial charge in [-0.2, -0.15) is 0 Å². The zero-order valence-electron chi connectivity index (χ0n) is 11.8. The van der Waals surface area contributed by atoms with Gasteiger partial charge in [0, 0.05) is 18.1 Å². The quantitative estimate of drug-likeness (QED) is 0.805. The summed E-state index contributed by atoms with van der Waals surface area (Å²) < 4.78 is 13.2. The molecule has 9 heteroatoms. The molecule has 1 aliphatic heterocycles. The number of fused-ring (bicyclic) bond motifs is 1. The molecule has 22 heavy (non-hydrogen) atoms. The number of aliphatic hydroxyl groups excluding tert-OH is 1. The number of esters is 1. The Labute approximate surface area is 129 Å². The number of aromatic nitrogens is 3. The number of carbonyl (C=O) groups is 1. The summed E-state index contributed by atoms with van der Waals surface area (Å²) in [4.78, 5) is 28.3. The highest BCUT2D eigenvalue weighted by Gasteiger charge is 2.27. The molecular weight excluding hydrogens is 310 g/mol. The molecule has 8 nitrogen and oxygen atoms in total. The standard InChI is InChI=1S/C13H15N3O5S/c1-2-20-12(18)8-5-16-9(14-8)3-4-15(13(16)19)10-7-22-11(6-17)21-10/h3-5,10-11,17H,2,6-7H2,1H3. The number of thioether (sulfide) groups is 1. The predicted molar refractivity (Wildman–Crippen MR) is 78.9 cm³/mol. The minimum Gasteiger partial charge on any atom is -0.461 e. The van der Waals surface area contributed by atoms with Crippen LogP contribution in [0.3, 0.4) is 0 Å². The van der Waals surface area contributed by atoms with Crippen LogP contribution in [0.2, 0.25) is 0 Å². The van der Waals surface area contributed by atoms with E-state index in [9.17, 15) is 9.59 Å². The van der Waals surface area contributed by atoms with Gasteiger partial charge in [0.15, 0.2) is 5.69 Å². The molecule has 118 valence electrons. The van der Waals surface area contributed by atoms with Gasteiger partial charge in [0.1, 0.15) is 17.3 Å². The number of imidazole rings is 1. The number of hydrogen-bond acceptors (Lipinski definition) is 7. The van der Waals surface area contributed by atoms with Crippen molar-refractivity contribution in [2.75, 3.05) is 19.0 Å². The van der Waals surface area contributed by atoms with Crippen molar-refractivity contribution in [1.82, 2.24) is 14.0 Å². The summed E-state index contributed by atoms with van der Waals surface area (Å²) >= 11 is 1.45. The summed E-state index contributed by atoms with van der Waals surface area (Å²) in [5, 5.41) is 9.09. The lowest BCUT2D eigenvalue weighted by Gasteiger charge is -2.13. The Morgan fingerprint density at radius 1 is 1.64 bits per heavy atom. The summed E-state index contributed by atoms with van der Waals surface area (Å²) in [6.45, 7) is 1.84. The molecule has 2 unspecified atom stereocenters. The van der Waals surface area contributed by atoms with E-state index in [-0.39, 0.29) is 30.0 Å². The number of carbonyl (C=O) groups excluding carboxylic acids is 1.